The van der Waals surface area contributed by atoms with Gasteiger partial charge in [0.1, 0.15) is 0 Å². The Balaban J connectivity index is 1.57. The minimum atomic E-state index is -3.34. The standard InChI is InChI=1S/C12H11NO3.C7H6O4.3C4H9.2Sn/c1-2-9-4-3-5-10(8-9)13-11(14)6-7-12(15)16;8-5-2-1-4(7(10)11)3-6(5)9;3*1-3-4-2;;/h1,3-5,8H,6-7H2,(H,13,14)(H,15,16);1-3,8-9H,(H,10,11);3*1,3-4H2,2H3;;/q;;;;;2*+2/p-4. The van der Waals surface area contributed by atoms with Gasteiger partial charge in [0.25, 0.3) is 0 Å². The number of hydrogen-bond donors (Lipinski definition) is 1. The van der Waals surface area contributed by atoms with Crippen molar-refractivity contribution < 1.29 is 26.7 Å². The van der Waals surface area contributed by atoms with Gasteiger partial charge in [-0.05, 0) is 0 Å². The number of anilines is 1. The van der Waals surface area contributed by atoms with Gasteiger partial charge in [-0.15, -0.1) is 0 Å². The van der Waals surface area contributed by atoms with Crippen LogP contribution in [0.5, 0.6) is 11.5 Å². The molecule has 1 N–H and O–H groups in total. The number of carbonyl (C=O) groups excluding carboxylic acids is 3. The second-order valence-electron chi connectivity index (χ2n) is 10.1. The average Bonchev–Trinajstić information content (AvgIpc) is 3.34. The molecule has 0 atom stereocenters. The molecule has 0 unspecified atom stereocenters. The van der Waals surface area contributed by atoms with Crippen molar-refractivity contribution in [1.82, 2.24) is 0 Å². The molecule has 1 radical (unpaired) electrons. The first-order valence-electron chi connectivity index (χ1n) is 14.5. The van der Waals surface area contributed by atoms with E-state index in [2.05, 4.69) is 25.1 Å². The van der Waals surface area contributed by atoms with Crippen LogP contribution >= 0.6 is 0 Å². The summed E-state index contributed by atoms with van der Waals surface area (Å²) in [6.45, 7) is 6.35. The fourth-order valence-corrected chi connectivity index (χ4v) is 19.1. The number of rotatable bonds is 16. The molecule has 1 aliphatic heterocycles. The third kappa shape index (κ3) is 10.4. The average molecular weight is 776 g/mol. The second kappa shape index (κ2) is 16.9. The summed E-state index contributed by atoms with van der Waals surface area (Å²) in [4.78, 5) is 38.0. The molecule has 1 aliphatic rings. The normalized spacial score (nSPS) is 13.0. The van der Waals surface area contributed by atoms with E-state index >= 15 is 0 Å². The van der Waals surface area contributed by atoms with E-state index in [4.69, 9.17) is 18.7 Å². The molecule has 0 aliphatic carbocycles. The van der Waals surface area contributed by atoms with E-state index in [-0.39, 0.29) is 18.7 Å². The monoisotopic (exact) mass is 778 g/mol. The molecule has 0 saturated heterocycles. The van der Waals surface area contributed by atoms with E-state index in [0.717, 1.165) is 47.4 Å². The van der Waals surface area contributed by atoms with E-state index in [1.165, 1.54) is 0 Å². The molecular formula is C31H40NO7Sn2. The maximum absolute atomic E-state index is 13.1. The summed E-state index contributed by atoms with van der Waals surface area (Å²) in [5, 5.41) is 2.73. The Labute approximate surface area is 256 Å². The van der Waals surface area contributed by atoms with E-state index in [1.54, 1.807) is 42.5 Å². The predicted molar refractivity (Wildman–Crippen MR) is 162 cm³/mol. The zero-order valence-corrected chi connectivity index (χ0v) is 30.0. The predicted octanol–water partition coefficient (Wildman–Crippen LogP) is 6.89. The van der Waals surface area contributed by atoms with Crippen LogP contribution in [0.1, 0.15) is 88.1 Å². The summed E-state index contributed by atoms with van der Waals surface area (Å²) in [5.41, 5.74) is 1.57. The fraction of sp³-hybridized carbons (Fsp3) is 0.452. The van der Waals surface area contributed by atoms with Gasteiger partial charge in [-0.1, -0.05) is 0 Å². The zero-order valence-electron chi connectivity index (χ0n) is 24.3. The molecule has 0 bridgehead atoms. The van der Waals surface area contributed by atoms with Gasteiger partial charge < -0.3 is 0 Å². The van der Waals surface area contributed by atoms with Crippen LogP contribution in [0.4, 0.5) is 5.69 Å². The SMILES string of the molecule is C#Cc1cccc(NC(=O)CCC(=O)[O][Sn]([CH2]CCC)[O]C(=O)c2ccc3c(c2)[O][Sn]([CH2]CCC)([CH2]CCC)[O]3)c1. The quantitative estimate of drug-likeness (QED) is 0.147. The van der Waals surface area contributed by atoms with Crippen LogP contribution in [-0.4, -0.2) is 57.6 Å². The molecule has 41 heavy (non-hydrogen) atoms. The van der Waals surface area contributed by atoms with Crippen LogP contribution in [0.15, 0.2) is 42.5 Å². The van der Waals surface area contributed by atoms with Crippen molar-refractivity contribution in [2.45, 2.75) is 85.4 Å². The molecule has 219 valence electrons. The van der Waals surface area contributed by atoms with Crippen LogP contribution in [0, 0.1) is 12.3 Å². The Kier molecular flexibility index (Phi) is 13.6. The van der Waals surface area contributed by atoms with Crippen molar-refractivity contribution in [3.63, 3.8) is 0 Å². The Morgan fingerprint density at radius 1 is 0.902 bits per heavy atom. The van der Waals surface area contributed by atoms with Crippen molar-refractivity contribution in [1.29, 1.82) is 0 Å². The first-order valence-corrected chi connectivity index (χ1v) is 25.2. The van der Waals surface area contributed by atoms with E-state index in [1.807, 2.05) is 6.92 Å². The van der Waals surface area contributed by atoms with Gasteiger partial charge in [-0.25, -0.2) is 0 Å². The maximum atomic E-state index is 13.1. The van der Waals surface area contributed by atoms with Crippen LogP contribution < -0.4 is 11.5 Å². The molecule has 0 saturated carbocycles. The number of amides is 1. The van der Waals surface area contributed by atoms with Crippen molar-refractivity contribution in [3.8, 4) is 23.8 Å². The topological polar surface area (TPSA) is 100 Å². The Morgan fingerprint density at radius 3 is 2.29 bits per heavy atom. The molecule has 1 amide bonds. The summed E-state index contributed by atoms with van der Waals surface area (Å²) < 4.78 is 26.9. The summed E-state index contributed by atoms with van der Waals surface area (Å²) in [6, 6.07) is 12.1. The van der Waals surface area contributed by atoms with Crippen molar-refractivity contribution in [2.75, 3.05) is 5.32 Å². The van der Waals surface area contributed by atoms with Gasteiger partial charge in [0.15, 0.2) is 0 Å². The van der Waals surface area contributed by atoms with E-state index < -0.39 is 51.7 Å². The molecule has 1 heterocycles. The van der Waals surface area contributed by atoms with Crippen molar-refractivity contribution in [2.24, 2.45) is 0 Å². The number of carbonyl (C=O) groups is 3. The zero-order chi connectivity index (χ0) is 29.7. The van der Waals surface area contributed by atoms with Crippen LogP contribution in [0.2, 0.25) is 13.3 Å². The van der Waals surface area contributed by atoms with Crippen molar-refractivity contribution >= 4 is 63.3 Å². The third-order valence-electron chi connectivity index (χ3n) is 6.63. The first-order chi connectivity index (χ1) is 19.8. The fourth-order valence-electron chi connectivity index (χ4n) is 4.35. The number of nitrogens with one attached hydrogen (secondary N) is 1. The van der Waals surface area contributed by atoms with Gasteiger partial charge in [0.05, 0.1) is 0 Å². The number of terminal acetylenes is 1. The van der Waals surface area contributed by atoms with Gasteiger partial charge in [0.2, 0.25) is 0 Å². The summed E-state index contributed by atoms with van der Waals surface area (Å²) in [5.74, 6) is 2.47. The second-order valence-corrected chi connectivity index (χ2v) is 24.0. The number of fused-ring (bicyclic) bond motifs is 1. The summed E-state index contributed by atoms with van der Waals surface area (Å²) in [6.07, 6.45) is 11.2. The van der Waals surface area contributed by atoms with Crippen LogP contribution in [0.3, 0.4) is 0 Å². The van der Waals surface area contributed by atoms with E-state index in [0.29, 0.717) is 32.8 Å². The number of unbranched alkanes of at least 4 members (excludes halogenated alkanes) is 3. The molecule has 10 heteroatoms. The molecule has 0 fully saturated rings. The molecule has 0 spiro atoms. The molecular weight excluding hydrogens is 736 g/mol. The Bertz CT molecular complexity index is 1240. The Hall–Kier alpha value is -2.39. The number of benzene rings is 2. The summed E-state index contributed by atoms with van der Waals surface area (Å²) in [7, 11) is 0. The first kappa shape index (κ1) is 33.1. The van der Waals surface area contributed by atoms with Crippen LogP contribution in [0.25, 0.3) is 0 Å². The molecule has 2 aromatic rings. The van der Waals surface area contributed by atoms with E-state index in [9.17, 15) is 14.4 Å². The Morgan fingerprint density at radius 2 is 1.61 bits per heavy atom. The van der Waals surface area contributed by atoms with Crippen molar-refractivity contribution in [3.05, 3.63) is 53.6 Å². The third-order valence-corrected chi connectivity index (χ3v) is 21.0. The number of hydrogen-bond acceptors (Lipinski definition) is 7. The molecule has 3 rings (SSSR count). The molecule has 8 nitrogen and oxygen atoms in total. The minimum absolute atomic E-state index is 0.0524. The summed E-state index contributed by atoms with van der Waals surface area (Å²) >= 11 is -6.62. The van der Waals surface area contributed by atoms with Crippen LogP contribution in [-0.2, 0) is 15.7 Å². The molecule has 0 aromatic heterocycles. The molecule has 2 aromatic carbocycles. The van der Waals surface area contributed by atoms with Gasteiger partial charge >= 0.3 is 258 Å². The van der Waals surface area contributed by atoms with Gasteiger partial charge in [0, 0.05) is 0 Å². The van der Waals surface area contributed by atoms with Gasteiger partial charge in [-0.2, -0.15) is 0 Å². The van der Waals surface area contributed by atoms with Gasteiger partial charge in [-0.3, -0.25) is 0 Å².